The number of nitrogens with zero attached hydrogens (tertiary/aromatic N) is 1. The molecule has 0 fully saturated rings. The first-order valence-electron chi connectivity index (χ1n) is 9.46. The van der Waals surface area contributed by atoms with E-state index in [1.807, 2.05) is 26.0 Å². The number of aromatic amines is 1. The van der Waals surface area contributed by atoms with E-state index in [-0.39, 0.29) is 17.6 Å². The van der Waals surface area contributed by atoms with Gasteiger partial charge in [-0.3, -0.25) is 9.59 Å². The number of hydrogen-bond donors (Lipinski definition) is 2. The lowest BCUT2D eigenvalue weighted by Crippen LogP contribution is -2.10. The van der Waals surface area contributed by atoms with Crippen LogP contribution in [0.4, 0.5) is 5.69 Å². The Balaban J connectivity index is 1.55. The average molecular weight is 391 g/mol. The molecule has 29 heavy (non-hydrogen) atoms. The molecule has 0 saturated heterocycles. The predicted octanol–water partition coefficient (Wildman–Crippen LogP) is 3.30. The largest absolute Gasteiger partial charge is 0.493 e. The molecule has 148 valence electrons. The molecule has 7 heteroatoms. The molecule has 2 aromatic carbocycles. The van der Waals surface area contributed by atoms with Crippen LogP contribution in [0.3, 0.4) is 0 Å². The summed E-state index contributed by atoms with van der Waals surface area (Å²) < 4.78 is 11.5. The fourth-order valence-corrected chi connectivity index (χ4v) is 3.36. The molecule has 2 heterocycles. The second-order valence-corrected chi connectivity index (χ2v) is 6.85. The number of anilines is 1. The van der Waals surface area contributed by atoms with E-state index in [1.165, 1.54) is 12.4 Å². The minimum absolute atomic E-state index is 0.132. The van der Waals surface area contributed by atoms with Gasteiger partial charge in [-0.15, -0.1) is 0 Å². The number of H-pyrrole nitrogens is 1. The molecule has 0 bridgehead atoms. The molecule has 3 aromatic rings. The van der Waals surface area contributed by atoms with Crippen molar-refractivity contribution in [3.8, 4) is 11.5 Å². The lowest BCUT2D eigenvalue weighted by molar-refractivity contribution is -0.111. The Morgan fingerprint density at radius 1 is 1.38 bits per heavy atom. The molecular formula is C22H21N3O4. The Kier molecular flexibility index (Phi) is 5.03. The Hall–Kier alpha value is -3.61. The monoisotopic (exact) mass is 391 g/mol. The highest BCUT2D eigenvalue weighted by Crippen LogP contribution is 2.35. The Morgan fingerprint density at radius 2 is 2.24 bits per heavy atom. The van der Waals surface area contributed by atoms with Gasteiger partial charge >= 0.3 is 0 Å². The van der Waals surface area contributed by atoms with Crippen molar-refractivity contribution in [2.45, 2.75) is 26.4 Å². The van der Waals surface area contributed by atoms with Gasteiger partial charge in [0.2, 0.25) is 5.91 Å². The minimum Gasteiger partial charge on any atom is -0.493 e. The third-order valence-electron chi connectivity index (χ3n) is 4.65. The number of ether oxygens (including phenoxy) is 2. The maximum absolute atomic E-state index is 12.4. The van der Waals surface area contributed by atoms with E-state index < -0.39 is 0 Å². The summed E-state index contributed by atoms with van der Waals surface area (Å²) in [5, 5.41) is 3.18. The van der Waals surface area contributed by atoms with Crippen LogP contribution in [0.5, 0.6) is 11.5 Å². The van der Waals surface area contributed by atoms with E-state index in [9.17, 15) is 9.59 Å². The van der Waals surface area contributed by atoms with Crippen LogP contribution in [0.25, 0.3) is 17.0 Å². The third kappa shape index (κ3) is 3.99. The van der Waals surface area contributed by atoms with E-state index in [2.05, 4.69) is 15.3 Å². The molecule has 0 aliphatic carbocycles. The normalized spacial score (nSPS) is 15.3. The van der Waals surface area contributed by atoms with Crippen molar-refractivity contribution < 1.29 is 14.3 Å². The van der Waals surface area contributed by atoms with E-state index in [0.717, 1.165) is 29.0 Å². The van der Waals surface area contributed by atoms with Gasteiger partial charge in [-0.2, -0.15) is 0 Å². The molecule has 4 rings (SSSR count). The highest BCUT2D eigenvalue weighted by atomic mass is 16.5. The number of amides is 1. The standard InChI is InChI=1S/C22H21N3O4/c1-3-28-19-10-15-8-13(2)29-20(15)9-14(19)4-7-21(26)25-16-5-6-18-17(11-16)22(27)24-12-23-18/h4-7,9-13H,3,8H2,1-2H3,(H,25,26)(H,23,24,27)/b7-4+. The van der Waals surface area contributed by atoms with Crippen molar-refractivity contribution >= 4 is 28.6 Å². The maximum atomic E-state index is 12.4. The zero-order valence-corrected chi connectivity index (χ0v) is 16.2. The molecule has 1 atom stereocenters. The number of carbonyl (C=O) groups is 1. The van der Waals surface area contributed by atoms with Crippen molar-refractivity contribution in [2.75, 3.05) is 11.9 Å². The summed E-state index contributed by atoms with van der Waals surface area (Å²) in [4.78, 5) is 30.9. The molecule has 1 aliphatic heterocycles. The second-order valence-electron chi connectivity index (χ2n) is 6.85. The van der Waals surface area contributed by atoms with Crippen molar-refractivity contribution in [3.63, 3.8) is 0 Å². The summed E-state index contributed by atoms with van der Waals surface area (Å²) >= 11 is 0. The van der Waals surface area contributed by atoms with Crippen molar-refractivity contribution in [2.24, 2.45) is 0 Å². The van der Waals surface area contributed by atoms with E-state index in [1.54, 1.807) is 24.3 Å². The third-order valence-corrected chi connectivity index (χ3v) is 4.65. The van der Waals surface area contributed by atoms with Crippen LogP contribution >= 0.6 is 0 Å². The van der Waals surface area contributed by atoms with Crippen LogP contribution in [0.15, 0.2) is 47.5 Å². The predicted molar refractivity (Wildman–Crippen MR) is 111 cm³/mol. The number of carbonyl (C=O) groups excluding carboxylic acids is 1. The summed E-state index contributed by atoms with van der Waals surface area (Å²) in [6.45, 7) is 4.47. The Labute approximate surface area is 167 Å². The van der Waals surface area contributed by atoms with E-state index in [4.69, 9.17) is 9.47 Å². The highest BCUT2D eigenvalue weighted by Gasteiger charge is 2.21. The van der Waals surface area contributed by atoms with Crippen LogP contribution in [0, 0.1) is 0 Å². The van der Waals surface area contributed by atoms with Gasteiger partial charge in [-0.25, -0.2) is 4.98 Å². The number of benzene rings is 2. The van der Waals surface area contributed by atoms with E-state index in [0.29, 0.717) is 23.2 Å². The van der Waals surface area contributed by atoms with Gasteiger partial charge in [0, 0.05) is 29.3 Å². The highest BCUT2D eigenvalue weighted by molar-refractivity contribution is 6.03. The number of aromatic nitrogens is 2. The second kappa shape index (κ2) is 7.79. The summed E-state index contributed by atoms with van der Waals surface area (Å²) in [6.07, 6.45) is 5.45. The maximum Gasteiger partial charge on any atom is 0.258 e. The quantitative estimate of drug-likeness (QED) is 0.651. The molecule has 7 nitrogen and oxygen atoms in total. The molecule has 0 radical (unpaired) electrons. The lowest BCUT2D eigenvalue weighted by Gasteiger charge is -2.10. The number of nitrogens with one attached hydrogen (secondary N) is 2. The van der Waals surface area contributed by atoms with Crippen LogP contribution < -0.4 is 20.3 Å². The summed E-state index contributed by atoms with van der Waals surface area (Å²) in [5.41, 5.74) is 2.71. The molecule has 0 spiro atoms. The van der Waals surface area contributed by atoms with Gasteiger partial charge in [0.25, 0.3) is 5.56 Å². The van der Waals surface area contributed by atoms with Crippen molar-refractivity contribution in [1.29, 1.82) is 0 Å². The molecule has 2 N–H and O–H groups in total. The van der Waals surface area contributed by atoms with E-state index >= 15 is 0 Å². The summed E-state index contributed by atoms with van der Waals surface area (Å²) in [7, 11) is 0. The molecular weight excluding hydrogens is 370 g/mol. The van der Waals surface area contributed by atoms with Crippen LogP contribution in [-0.4, -0.2) is 28.6 Å². The molecule has 1 aliphatic rings. The number of fused-ring (bicyclic) bond motifs is 2. The van der Waals surface area contributed by atoms with Crippen LogP contribution in [-0.2, 0) is 11.2 Å². The first-order chi connectivity index (χ1) is 14.0. The lowest BCUT2D eigenvalue weighted by atomic mass is 10.1. The zero-order valence-electron chi connectivity index (χ0n) is 16.2. The van der Waals surface area contributed by atoms with Crippen LogP contribution in [0.2, 0.25) is 0 Å². The van der Waals surface area contributed by atoms with Gasteiger partial charge in [0.15, 0.2) is 0 Å². The number of rotatable bonds is 5. The van der Waals surface area contributed by atoms with Gasteiger partial charge in [-0.1, -0.05) is 0 Å². The Bertz CT molecular complexity index is 1170. The molecule has 1 aromatic heterocycles. The smallest absolute Gasteiger partial charge is 0.258 e. The minimum atomic E-state index is -0.318. The zero-order chi connectivity index (χ0) is 20.4. The first kappa shape index (κ1) is 18.7. The van der Waals surface area contributed by atoms with Crippen molar-refractivity contribution in [3.05, 3.63) is 64.2 Å². The average Bonchev–Trinajstić information content (AvgIpc) is 3.06. The van der Waals surface area contributed by atoms with Gasteiger partial charge in [0.1, 0.15) is 17.6 Å². The summed E-state index contributed by atoms with van der Waals surface area (Å²) in [6, 6.07) is 8.87. The SMILES string of the molecule is CCOc1cc2c(cc1/C=C/C(=O)Nc1ccc3nc[nH]c(=O)c3c1)OC(C)C2. The van der Waals surface area contributed by atoms with Gasteiger partial charge in [0.05, 0.1) is 23.8 Å². The van der Waals surface area contributed by atoms with Crippen LogP contribution in [0.1, 0.15) is 25.0 Å². The molecule has 1 unspecified atom stereocenters. The number of hydrogen-bond acceptors (Lipinski definition) is 5. The summed E-state index contributed by atoms with van der Waals surface area (Å²) in [5.74, 6) is 1.22. The van der Waals surface area contributed by atoms with Gasteiger partial charge in [-0.05, 0) is 50.3 Å². The van der Waals surface area contributed by atoms with Crippen molar-refractivity contribution in [1.82, 2.24) is 9.97 Å². The van der Waals surface area contributed by atoms with Gasteiger partial charge < -0.3 is 19.8 Å². The fourth-order valence-electron chi connectivity index (χ4n) is 3.36. The Morgan fingerprint density at radius 3 is 3.07 bits per heavy atom. The fraction of sp³-hybridized carbons (Fsp3) is 0.227. The topological polar surface area (TPSA) is 93.3 Å². The molecule has 1 amide bonds. The first-order valence-corrected chi connectivity index (χ1v) is 9.46. The molecule has 0 saturated carbocycles.